The van der Waals surface area contributed by atoms with Gasteiger partial charge in [0.1, 0.15) is 0 Å². The summed E-state index contributed by atoms with van der Waals surface area (Å²) in [5.74, 6) is 0.210. The number of carbonyl (C=O) groups excluding carboxylic acids is 1. The van der Waals surface area contributed by atoms with E-state index in [1.54, 1.807) is 11.9 Å². The predicted molar refractivity (Wildman–Crippen MR) is 84.0 cm³/mol. The first kappa shape index (κ1) is 15.8. The van der Waals surface area contributed by atoms with Crippen LogP contribution < -0.4 is 5.32 Å². The Kier molecular flexibility index (Phi) is 5.62. The molecule has 1 aliphatic rings. The molecule has 0 aliphatic heterocycles. The highest BCUT2D eigenvalue weighted by molar-refractivity contribution is 5.74. The van der Waals surface area contributed by atoms with Crippen LogP contribution in [0.3, 0.4) is 0 Å². The zero-order valence-corrected chi connectivity index (χ0v) is 13.0. The normalized spacial score (nSPS) is 23.4. The summed E-state index contributed by atoms with van der Waals surface area (Å²) in [4.78, 5) is 13.9. The van der Waals surface area contributed by atoms with Gasteiger partial charge in [-0.25, -0.2) is 4.79 Å². The van der Waals surface area contributed by atoms with E-state index in [2.05, 4.69) is 5.32 Å². The van der Waals surface area contributed by atoms with Crippen LogP contribution in [-0.4, -0.2) is 35.7 Å². The van der Waals surface area contributed by atoms with Crippen molar-refractivity contribution in [1.29, 1.82) is 0 Å². The zero-order chi connectivity index (χ0) is 15.2. The van der Waals surface area contributed by atoms with E-state index in [4.69, 9.17) is 0 Å². The van der Waals surface area contributed by atoms with E-state index in [1.807, 2.05) is 37.3 Å². The fourth-order valence-electron chi connectivity index (χ4n) is 2.96. The number of nitrogens with one attached hydrogen (secondary N) is 1. The topological polar surface area (TPSA) is 52.6 Å². The molecule has 0 spiro atoms. The summed E-state index contributed by atoms with van der Waals surface area (Å²) in [6.45, 7) is 2.60. The lowest BCUT2D eigenvalue weighted by Crippen LogP contribution is -2.43. The van der Waals surface area contributed by atoms with Gasteiger partial charge in [0, 0.05) is 19.5 Å². The molecule has 2 unspecified atom stereocenters. The number of carbonyl (C=O) groups is 1. The third-order valence-corrected chi connectivity index (χ3v) is 4.36. The maximum atomic E-state index is 12.2. The Bertz CT molecular complexity index is 449. The van der Waals surface area contributed by atoms with Gasteiger partial charge in [0.05, 0.1) is 12.1 Å². The molecular formula is C17H26N2O2. The molecule has 0 saturated heterocycles. The van der Waals surface area contributed by atoms with Crippen molar-refractivity contribution in [2.75, 3.05) is 13.6 Å². The SMILES string of the molecule is C[C@H](NC(=O)N(C)CC1CCCCC1O)c1ccccc1. The highest BCUT2D eigenvalue weighted by Gasteiger charge is 2.25. The average Bonchev–Trinajstić information content (AvgIpc) is 2.50. The molecule has 2 rings (SSSR count). The highest BCUT2D eigenvalue weighted by Crippen LogP contribution is 2.25. The zero-order valence-electron chi connectivity index (χ0n) is 13.0. The van der Waals surface area contributed by atoms with Crippen LogP contribution in [0.25, 0.3) is 0 Å². The van der Waals surface area contributed by atoms with Gasteiger partial charge in [-0.15, -0.1) is 0 Å². The smallest absolute Gasteiger partial charge is 0.317 e. The minimum Gasteiger partial charge on any atom is -0.393 e. The van der Waals surface area contributed by atoms with Gasteiger partial charge >= 0.3 is 6.03 Å². The van der Waals surface area contributed by atoms with Crippen LogP contribution in [0.15, 0.2) is 30.3 Å². The van der Waals surface area contributed by atoms with Crippen molar-refractivity contribution in [3.63, 3.8) is 0 Å². The monoisotopic (exact) mass is 290 g/mol. The van der Waals surface area contributed by atoms with E-state index < -0.39 is 0 Å². The number of amides is 2. The molecule has 0 bridgehead atoms. The predicted octanol–water partition coefficient (Wildman–Crippen LogP) is 2.94. The van der Waals surface area contributed by atoms with Crippen LogP contribution in [0.2, 0.25) is 0 Å². The van der Waals surface area contributed by atoms with Crippen molar-refractivity contribution in [1.82, 2.24) is 10.2 Å². The molecule has 4 heteroatoms. The van der Waals surface area contributed by atoms with E-state index in [0.29, 0.717) is 6.54 Å². The lowest BCUT2D eigenvalue weighted by atomic mass is 9.86. The van der Waals surface area contributed by atoms with E-state index in [0.717, 1.165) is 31.2 Å². The minimum atomic E-state index is -0.263. The van der Waals surface area contributed by atoms with Crippen molar-refractivity contribution in [3.8, 4) is 0 Å². The molecule has 1 fully saturated rings. The van der Waals surface area contributed by atoms with Gasteiger partial charge < -0.3 is 15.3 Å². The van der Waals surface area contributed by atoms with E-state index in [9.17, 15) is 9.90 Å². The Morgan fingerprint density at radius 3 is 2.67 bits per heavy atom. The fraction of sp³-hybridized carbons (Fsp3) is 0.588. The Hall–Kier alpha value is -1.55. The van der Waals surface area contributed by atoms with Crippen LogP contribution in [0.1, 0.15) is 44.2 Å². The molecule has 1 aromatic carbocycles. The van der Waals surface area contributed by atoms with Gasteiger partial charge in [0.2, 0.25) is 0 Å². The number of hydrogen-bond donors (Lipinski definition) is 2. The van der Waals surface area contributed by atoms with Crippen molar-refractivity contribution in [2.24, 2.45) is 5.92 Å². The molecular weight excluding hydrogens is 264 g/mol. The quantitative estimate of drug-likeness (QED) is 0.896. The maximum Gasteiger partial charge on any atom is 0.317 e. The maximum absolute atomic E-state index is 12.2. The third-order valence-electron chi connectivity index (χ3n) is 4.36. The summed E-state index contributed by atoms with van der Waals surface area (Å²) in [5.41, 5.74) is 1.09. The van der Waals surface area contributed by atoms with Crippen LogP contribution in [0, 0.1) is 5.92 Å². The summed E-state index contributed by atoms with van der Waals surface area (Å²) < 4.78 is 0. The Morgan fingerprint density at radius 2 is 2.00 bits per heavy atom. The molecule has 0 heterocycles. The first-order valence-corrected chi connectivity index (χ1v) is 7.82. The number of hydrogen-bond acceptors (Lipinski definition) is 2. The van der Waals surface area contributed by atoms with Crippen molar-refractivity contribution in [3.05, 3.63) is 35.9 Å². The number of aliphatic hydroxyl groups excluding tert-OH is 1. The molecule has 116 valence electrons. The number of benzene rings is 1. The van der Waals surface area contributed by atoms with Crippen LogP contribution in [0.4, 0.5) is 4.79 Å². The first-order chi connectivity index (χ1) is 10.1. The van der Waals surface area contributed by atoms with Crippen LogP contribution in [0.5, 0.6) is 0 Å². The Morgan fingerprint density at radius 1 is 1.33 bits per heavy atom. The summed E-state index contributed by atoms with van der Waals surface area (Å²) in [7, 11) is 1.80. The second-order valence-electron chi connectivity index (χ2n) is 6.07. The van der Waals surface area contributed by atoms with Gasteiger partial charge in [-0.3, -0.25) is 0 Å². The number of nitrogens with zero attached hydrogens (tertiary/aromatic N) is 1. The molecule has 0 radical (unpaired) electrons. The molecule has 1 aliphatic carbocycles. The van der Waals surface area contributed by atoms with Crippen LogP contribution in [-0.2, 0) is 0 Å². The largest absolute Gasteiger partial charge is 0.393 e. The number of urea groups is 1. The van der Waals surface area contributed by atoms with Gasteiger partial charge in [0.25, 0.3) is 0 Å². The van der Waals surface area contributed by atoms with Gasteiger partial charge in [-0.1, -0.05) is 43.2 Å². The second-order valence-corrected chi connectivity index (χ2v) is 6.07. The molecule has 1 aromatic rings. The lowest BCUT2D eigenvalue weighted by molar-refractivity contribution is 0.0563. The molecule has 21 heavy (non-hydrogen) atoms. The summed E-state index contributed by atoms with van der Waals surface area (Å²) in [5, 5.41) is 13.0. The average molecular weight is 290 g/mol. The summed E-state index contributed by atoms with van der Waals surface area (Å²) in [6, 6.07) is 9.84. The van der Waals surface area contributed by atoms with Crippen molar-refractivity contribution >= 4 is 6.03 Å². The fourth-order valence-corrected chi connectivity index (χ4v) is 2.96. The highest BCUT2D eigenvalue weighted by atomic mass is 16.3. The molecule has 1 saturated carbocycles. The summed E-state index contributed by atoms with van der Waals surface area (Å²) in [6.07, 6.45) is 3.85. The van der Waals surface area contributed by atoms with Crippen LogP contribution >= 0.6 is 0 Å². The van der Waals surface area contributed by atoms with Crippen molar-refractivity contribution in [2.45, 2.75) is 44.8 Å². The first-order valence-electron chi connectivity index (χ1n) is 7.82. The van der Waals surface area contributed by atoms with E-state index in [-0.39, 0.29) is 24.1 Å². The number of aliphatic hydroxyl groups is 1. The van der Waals surface area contributed by atoms with Crippen molar-refractivity contribution < 1.29 is 9.90 Å². The molecule has 2 N–H and O–H groups in total. The number of rotatable bonds is 4. The van der Waals surface area contributed by atoms with Gasteiger partial charge in [0.15, 0.2) is 0 Å². The Labute approximate surface area is 127 Å². The van der Waals surface area contributed by atoms with Gasteiger partial charge in [-0.2, -0.15) is 0 Å². The summed E-state index contributed by atoms with van der Waals surface area (Å²) >= 11 is 0. The lowest BCUT2D eigenvalue weighted by Gasteiger charge is -2.31. The van der Waals surface area contributed by atoms with E-state index in [1.165, 1.54) is 0 Å². The second kappa shape index (κ2) is 7.46. The molecule has 2 amide bonds. The third kappa shape index (κ3) is 4.46. The minimum absolute atomic E-state index is 0.0163. The molecule has 4 nitrogen and oxygen atoms in total. The molecule has 3 atom stereocenters. The Balaban J connectivity index is 1.84. The van der Waals surface area contributed by atoms with E-state index >= 15 is 0 Å². The van der Waals surface area contributed by atoms with Gasteiger partial charge in [-0.05, 0) is 25.3 Å². The molecule has 0 aromatic heterocycles. The standard InChI is InChI=1S/C17H26N2O2/c1-13(14-8-4-3-5-9-14)18-17(21)19(2)12-15-10-6-7-11-16(15)20/h3-5,8-9,13,15-16,20H,6-7,10-12H2,1-2H3,(H,18,21)/t13-,15?,16?/m0/s1.